The first kappa shape index (κ1) is 18.0. The topological polar surface area (TPSA) is 51.3 Å². The van der Waals surface area contributed by atoms with Crippen LogP contribution in [0.25, 0.3) is 10.9 Å². The minimum absolute atomic E-state index is 0.295. The number of methoxy groups -OCH3 is 1. The highest BCUT2D eigenvalue weighted by Crippen LogP contribution is 2.36. The first-order valence-corrected chi connectivity index (χ1v) is 8.98. The minimum atomic E-state index is -0.441. The molecule has 1 heterocycles. The fraction of sp³-hybridized carbons (Fsp3) is 0.211. The second-order valence-corrected chi connectivity index (χ2v) is 6.85. The molecule has 0 aliphatic carbocycles. The van der Waals surface area contributed by atoms with Crippen molar-refractivity contribution < 1.29 is 14.3 Å². The van der Waals surface area contributed by atoms with E-state index < -0.39 is 12.1 Å². The number of aromatic nitrogens is 1. The van der Waals surface area contributed by atoms with Gasteiger partial charge in [-0.15, -0.1) is 0 Å². The Bertz CT molecular complexity index is 922. The van der Waals surface area contributed by atoms with Gasteiger partial charge in [-0.3, -0.25) is 0 Å². The number of nitrogens with one attached hydrogen (secondary N) is 1. The fourth-order valence-corrected chi connectivity index (χ4v) is 3.50. The highest BCUT2D eigenvalue weighted by Gasteiger charge is 2.27. The molecule has 130 valence electrons. The van der Waals surface area contributed by atoms with E-state index in [9.17, 15) is 4.79 Å². The zero-order valence-electron chi connectivity index (χ0n) is 13.8. The van der Waals surface area contributed by atoms with Gasteiger partial charge in [0, 0.05) is 33.1 Å². The van der Waals surface area contributed by atoms with Gasteiger partial charge >= 0.3 is 5.97 Å². The molecule has 1 atom stereocenters. The Hall–Kier alpha value is -1.82. The zero-order chi connectivity index (χ0) is 18.0. The number of carbonyl (C=O) groups is 1. The third kappa shape index (κ3) is 3.59. The Morgan fingerprint density at radius 3 is 2.76 bits per heavy atom. The summed E-state index contributed by atoms with van der Waals surface area (Å²) < 4.78 is 11.9. The molecule has 0 fully saturated rings. The summed E-state index contributed by atoms with van der Waals surface area (Å²) in [6.45, 7) is 2.07. The Balaban J connectivity index is 2.25. The average Bonchev–Trinajstić information content (AvgIpc) is 2.95. The lowest BCUT2D eigenvalue weighted by atomic mass is 9.98. The fourth-order valence-electron chi connectivity index (χ4n) is 2.91. The second-order valence-electron chi connectivity index (χ2n) is 5.49. The number of halogens is 2. The predicted octanol–water partition coefficient (Wildman–Crippen LogP) is 5.50. The molecular formula is C19H17BrClNO3. The third-order valence-corrected chi connectivity index (χ3v) is 4.66. The smallest absolute Gasteiger partial charge is 0.355 e. The van der Waals surface area contributed by atoms with Gasteiger partial charge in [-0.25, -0.2) is 4.79 Å². The summed E-state index contributed by atoms with van der Waals surface area (Å²) in [7, 11) is 1.61. The maximum Gasteiger partial charge on any atom is 0.355 e. The van der Waals surface area contributed by atoms with Gasteiger partial charge in [0.15, 0.2) is 0 Å². The summed E-state index contributed by atoms with van der Waals surface area (Å²) in [4.78, 5) is 15.6. The van der Waals surface area contributed by atoms with E-state index in [1.54, 1.807) is 20.1 Å². The molecule has 25 heavy (non-hydrogen) atoms. The van der Waals surface area contributed by atoms with E-state index >= 15 is 0 Å². The Morgan fingerprint density at radius 1 is 1.28 bits per heavy atom. The molecular weight excluding hydrogens is 406 g/mol. The Labute approximate surface area is 159 Å². The van der Waals surface area contributed by atoms with Crippen molar-refractivity contribution in [3.05, 3.63) is 68.8 Å². The number of ether oxygens (including phenoxy) is 2. The molecule has 0 saturated heterocycles. The van der Waals surface area contributed by atoms with Crippen LogP contribution in [0.2, 0.25) is 5.02 Å². The molecule has 0 spiro atoms. The molecule has 4 nitrogen and oxygen atoms in total. The lowest BCUT2D eigenvalue weighted by Crippen LogP contribution is -2.12. The molecule has 6 heteroatoms. The standard InChI is InChI=1S/C19H17BrClNO3/c1-3-25-19(23)17-16(14-10-13(21)7-8-15(14)22-17)18(24-2)11-5-4-6-12(20)9-11/h4-10,18,22H,3H2,1-2H3. The molecule has 0 aliphatic heterocycles. The second kappa shape index (κ2) is 7.60. The van der Waals surface area contributed by atoms with E-state index in [2.05, 4.69) is 20.9 Å². The van der Waals surface area contributed by atoms with Crippen molar-refractivity contribution in [2.75, 3.05) is 13.7 Å². The molecule has 0 saturated carbocycles. The number of hydrogen-bond acceptors (Lipinski definition) is 3. The van der Waals surface area contributed by atoms with Crippen LogP contribution < -0.4 is 0 Å². The van der Waals surface area contributed by atoms with Gasteiger partial charge in [0.2, 0.25) is 0 Å². The van der Waals surface area contributed by atoms with E-state index in [1.807, 2.05) is 36.4 Å². The SMILES string of the molecule is CCOC(=O)c1[nH]c2ccc(Cl)cc2c1C(OC)c1cccc(Br)c1. The quantitative estimate of drug-likeness (QED) is 0.553. The van der Waals surface area contributed by atoms with Crippen LogP contribution in [0.15, 0.2) is 46.9 Å². The van der Waals surface area contributed by atoms with Gasteiger partial charge < -0.3 is 14.5 Å². The number of aromatic amines is 1. The maximum atomic E-state index is 12.5. The van der Waals surface area contributed by atoms with E-state index in [0.717, 1.165) is 26.5 Å². The number of carbonyl (C=O) groups excluding carboxylic acids is 1. The first-order chi connectivity index (χ1) is 12.0. The number of H-pyrrole nitrogens is 1. The van der Waals surface area contributed by atoms with Crippen molar-refractivity contribution in [3.8, 4) is 0 Å². The van der Waals surface area contributed by atoms with Gasteiger partial charge in [-0.1, -0.05) is 39.7 Å². The van der Waals surface area contributed by atoms with Crippen molar-refractivity contribution in [1.29, 1.82) is 0 Å². The van der Waals surface area contributed by atoms with Crippen LogP contribution in [0, 0.1) is 0 Å². The van der Waals surface area contributed by atoms with Gasteiger partial charge in [-0.2, -0.15) is 0 Å². The molecule has 1 unspecified atom stereocenters. The summed E-state index contributed by atoms with van der Waals surface area (Å²) in [6.07, 6.45) is -0.441. The molecule has 3 aromatic rings. The van der Waals surface area contributed by atoms with E-state index in [0.29, 0.717) is 17.3 Å². The van der Waals surface area contributed by atoms with Crippen molar-refractivity contribution in [2.45, 2.75) is 13.0 Å². The summed E-state index contributed by atoms with van der Waals surface area (Å²) in [5.74, 6) is -0.415. The molecule has 0 radical (unpaired) electrons. The van der Waals surface area contributed by atoms with Crippen molar-refractivity contribution >= 4 is 44.4 Å². The lowest BCUT2D eigenvalue weighted by molar-refractivity contribution is 0.0512. The highest BCUT2D eigenvalue weighted by atomic mass is 79.9. The molecule has 0 amide bonds. The summed E-state index contributed by atoms with van der Waals surface area (Å²) in [5, 5.41) is 1.43. The van der Waals surface area contributed by atoms with E-state index in [4.69, 9.17) is 21.1 Å². The Morgan fingerprint density at radius 2 is 2.08 bits per heavy atom. The summed E-state index contributed by atoms with van der Waals surface area (Å²) in [6, 6.07) is 13.2. The normalized spacial score (nSPS) is 12.3. The van der Waals surface area contributed by atoms with E-state index in [1.165, 1.54) is 0 Å². The zero-order valence-corrected chi connectivity index (χ0v) is 16.1. The molecule has 1 N–H and O–H groups in total. The van der Waals surface area contributed by atoms with E-state index in [-0.39, 0.29) is 0 Å². The van der Waals surface area contributed by atoms with Crippen molar-refractivity contribution in [3.63, 3.8) is 0 Å². The number of esters is 1. The number of hydrogen-bond donors (Lipinski definition) is 1. The van der Waals surface area contributed by atoms with Crippen LogP contribution in [-0.2, 0) is 9.47 Å². The van der Waals surface area contributed by atoms with Crippen LogP contribution in [0.1, 0.15) is 34.6 Å². The maximum absolute atomic E-state index is 12.5. The minimum Gasteiger partial charge on any atom is -0.461 e. The number of benzene rings is 2. The van der Waals surface area contributed by atoms with Gasteiger partial charge in [0.05, 0.1) is 6.61 Å². The lowest BCUT2D eigenvalue weighted by Gasteiger charge is -2.17. The van der Waals surface area contributed by atoms with Crippen LogP contribution in [0.4, 0.5) is 0 Å². The molecule has 3 rings (SSSR count). The molecule has 0 aliphatic rings. The molecule has 2 aromatic carbocycles. The highest BCUT2D eigenvalue weighted by molar-refractivity contribution is 9.10. The van der Waals surface area contributed by atoms with Crippen LogP contribution in [-0.4, -0.2) is 24.7 Å². The molecule has 1 aromatic heterocycles. The number of rotatable bonds is 5. The first-order valence-electron chi connectivity index (χ1n) is 7.81. The third-order valence-electron chi connectivity index (χ3n) is 3.93. The van der Waals surface area contributed by atoms with Gasteiger partial charge in [-0.05, 0) is 42.8 Å². The molecule has 0 bridgehead atoms. The largest absolute Gasteiger partial charge is 0.461 e. The van der Waals surface area contributed by atoms with Crippen molar-refractivity contribution in [2.24, 2.45) is 0 Å². The predicted molar refractivity (Wildman–Crippen MR) is 102 cm³/mol. The van der Waals surface area contributed by atoms with Crippen LogP contribution >= 0.6 is 27.5 Å². The van der Waals surface area contributed by atoms with Crippen LogP contribution in [0.5, 0.6) is 0 Å². The monoisotopic (exact) mass is 421 g/mol. The summed E-state index contributed by atoms with van der Waals surface area (Å²) in [5.41, 5.74) is 2.82. The average molecular weight is 423 g/mol. The van der Waals surface area contributed by atoms with Gasteiger partial charge in [0.25, 0.3) is 0 Å². The van der Waals surface area contributed by atoms with Crippen molar-refractivity contribution in [1.82, 2.24) is 4.98 Å². The summed E-state index contributed by atoms with van der Waals surface area (Å²) >= 11 is 9.66. The Kier molecular flexibility index (Phi) is 5.47. The van der Waals surface area contributed by atoms with Gasteiger partial charge in [0.1, 0.15) is 11.8 Å². The number of fused-ring (bicyclic) bond motifs is 1. The van der Waals surface area contributed by atoms with Crippen LogP contribution in [0.3, 0.4) is 0 Å².